The summed E-state index contributed by atoms with van der Waals surface area (Å²) in [6, 6.07) is 0. The van der Waals surface area contributed by atoms with E-state index < -0.39 is 0 Å². The number of nitrogens with zero attached hydrogens (tertiary/aromatic N) is 1. The van der Waals surface area contributed by atoms with Crippen LogP contribution in [0, 0.1) is 0 Å². The molecule has 0 radical (unpaired) electrons. The van der Waals surface area contributed by atoms with E-state index in [4.69, 9.17) is 0 Å². The number of nitrogens with one attached hydrogen (secondary N) is 1. The average Bonchev–Trinajstić information content (AvgIpc) is 2.26. The Morgan fingerprint density at radius 2 is 2.36 bits per heavy atom. The van der Waals surface area contributed by atoms with Crippen LogP contribution in [0.1, 0.15) is 13.3 Å². The minimum Gasteiger partial charge on any atom is -0.273 e. The molecule has 1 aliphatic heterocycles. The number of carbonyl (C=O) groups excluding carboxylic acids is 2. The van der Waals surface area contributed by atoms with Gasteiger partial charge in [-0.05, 0) is 6.92 Å². The number of carbonyl (C=O) groups is 2. The van der Waals surface area contributed by atoms with Crippen LogP contribution >= 0.6 is 0 Å². The lowest BCUT2D eigenvalue weighted by atomic mass is 10.4. The second kappa shape index (κ2) is 3.18. The highest BCUT2D eigenvalue weighted by Crippen LogP contribution is 1.99. The van der Waals surface area contributed by atoms with Gasteiger partial charge in [0.1, 0.15) is 6.42 Å². The molecule has 0 aromatic carbocycles. The molecule has 2 amide bonds. The molecule has 0 atom stereocenters. The molecule has 11 heavy (non-hydrogen) atoms. The summed E-state index contributed by atoms with van der Waals surface area (Å²) >= 11 is 0. The zero-order valence-corrected chi connectivity index (χ0v) is 6.33. The fraction of sp³-hybridized carbons (Fsp3) is 0.429. The molecule has 4 heteroatoms. The van der Waals surface area contributed by atoms with Crippen molar-refractivity contribution >= 4 is 11.8 Å². The van der Waals surface area contributed by atoms with E-state index in [1.165, 1.54) is 5.01 Å². The molecular weight excluding hydrogens is 144 g/mol. The fourth-order valence-electron chi connectivity index (χ4n) is 0.843. The van der Waals surface area contributed by atoms with Gasteiger partial charge in [0.05, 0.1) is 6.54 Å². The van der Waals surface area contributed by atoms with Crippen molar-refractivity contribution in [3.05, 3.63) is 12.2 Å². The summed E-state index contributed by atoms with van der Waals surface area (Å²) in [5, 5.41) is 1.31. The van der Waals surface area contributed by atoms with Gasteiger partial charge in [0.15, 0.2) is 0 Å². The van der Waals surface area contributed by atoms with E-state index in [9.17, 15) is 9.59 Å². The van der Waals surface area contributed by atoms with Crippen molar-refractivity contribution in [2.45, 2.75) is 13.3 Å². The van der Waals surface area contributed by atoms with Crippen molar-refractivity contribution in [1.82, 2.24) is 10.4 Å². The Kier molecular flexibility index (Phi) is 2.25. The van der Waals surface area contributed by atoms with Crippen LogP contribution in [0.3, 0.4) is 0 Å². The van der Waals surface area contributed by atoms with Gasteiger partial charge in [-0.25, -0.2) is 5.01 Å². The summed E-state index contributed by atoms with van der Waals surface area (Å²) in [5.74, 6) is -0.382. The molecular formula is C7H10N2O2. The lowest BCUT2D eigenvalue weighted by molar-refractivity contribution is -0.129. The maximum Gasteiger partial charge on any atom is 0.250 e. The molecule has 60 valence electrons. The molecule has 1 aliphatic rings. The van der Waals surface area contributed by atoms with Gasteiger partial charge >= 0.3 is 0 Å². The largest absolute Gasteiger partial charge is 0.273 e. The van der Waals surface area contributed by atoms with Crippen molar-refractivity contribution in [3.8, 4) is 0 Å². The number of hydrazine groups is 1. The van der Waals surface area contributed by atoms with E-state index in [2.05, 4.69) is 5.43 Å². The topological polar surface area (TPSA) is 49.4 Å². The van der Waals surface area contributed by atoms with Crippen LogP contribution in [0.5, 0.6) is 0 Å². The van der Waals surface area contributed by atoms with Gasteiger partial charge in [-0.3, -0.25) is 15.0 Å². The van der Waals surface area contributed by atoms with Gasteiger partial charge in [0.2, 0.25) is 5.91 Å². The maximum absolute atomic E-state index is 10.9. The molecule has 1 heterocycles. The van der Waals surface area contributed by atoms with E-state index in [-0.39, 0.29) is 18.2 Å². The summed E-state index contributed by atoms with van der Waals surface area (Å²) in [6.07, 6.45) is 3.62. The molecule has 0 aromatic heterocycles. The maximum atomic E-state index is 10.9. The number of allylic oxidation sites excluding steroid dienone is 1. The third-order valence-corrected chi connectivity index (χ3v) is 1.40. The van der Waals surface area contributed by atoms with E-state index in [1.54, 1.807) is 0 Å². The first kappa shape index (κ1) is 7.78. The summed E-state index contributed by atoms with van der Waals surface area (Å²) in [5.41, 5.74) is 2.43. The molecule has 1 N–H and O–H groups in total. The number of hydrogen-bond acceptors (Lipinski definition) is 2. The standard InChI is InChI=1S/C7H10N2O2/c1-2-3-4-9-7(11)5-6(10)8-9/h2-3H,4-5H2,1H3,(H,8,10)/b3-2+. The van der Waals surface area contributed by atoms with Crippen molar-refractivity contribution in [1.29, 1.82) is 0 Å². The Morgan fingerprint density at radius 3 is 2.82 bits per heavy atom. The highest BCUT2D eigenvalue weighted by atomic mass is 16.2. The second-order valence-electron chi connectivity index (χ2n) is 2.29. The number of amides is 2. The van der Waals surface area contributed by atoms with E-state index in [1.807, 2.05) is 19.1 Å². The molecule has 1 saturated heterocycles. The molecule has 0 saturated carbocycles. The Morgan fingerprint density at radius 1 is 1.64 bits per heavy atom. The minimum atomic E-state index is -0.223. The Balaban J connectivity index is 2.47. The van der Waals surface area contributed by atoms with E-state index in [0.29, 0.717) is 6.54 Å². The van der Waals surface area contributed by atoms with Crippen LogP contribution in [0.15, 0.2) is 12.2 Å². The summed E-state index contributed by atoms with van der Waals surface area (Å²) in [7, 11) is 0. The molecule has 0 bridgehead atoms. The Bertz CT molecular complexity index is 210. The smallest absolute Gasteiger partial charge is 0.250 e. The number of rotatable bonds is 2. The SMILES string of the molecule is C/C=C/CN1NC(=O)CC1=O. The van der Waals surface area contributed by atoms with Gasteiger partial charge in [-0.15, -0.1) is 0 Å². The molecule has 4 nitrogen and oxygen atoms in total. The van der Waals surface area contributed by atoms with Crippen molar-refractivity contribution in [2.24, 2.45) is 0 Å². The number of hydrogen-bond donors (Lipinski definition) is 1. The van der Waals surface area contributed by atoms with E-state index >= 15 is 0 Å². The highest BCUT2D eigenvalue weighted by Gasteiger charge is 2.25. The van der Waals surface area contributed by atoms with Crippen molar-refractivity contribution in [3.63, 3.8) is 0 Å². The van der Waals surface area contributed by atoms with Crippen LogP contribution in [0.25, 0.3) is 0 Å². The van der Waals surface area contributed by atoms with Crippen LogP contribution in [-0.2, 0) is 9.59 Å². The van der Waals surface area contributed by atoms with Gasteiger partial charge < -0.3 is 0 Å². The third kappa shape index (κ3) is 1.80. The second-order valence-corrected chi connectivity index (χ2v) is 2.29. The normalized spacial score (nSPS) is 18.1. The van der Waals surface area contributed by atoms with Crippen LogP contribution < -0.4 is 5.43 Å². The van der Waals surface area contributed by atoms with Gasteiger partial charge in [-0.1, -0.05) is 12.2 Å². The minimum absolute atomic E-state index is 0.0163. The summed E-state index contributed by atoms with van der Waals surface area (Å²) in [4.78, 5) is 21.5. The third-order valence-electron chi connectivity index (χ3n) is 1.40. The molecule has 0 aromatic rings. The molecule has 0 unspecified atom stereocenters. The zero-order valence-electron chi connectivity index (χ0n) is 6.33. The molecule has 1 fully saturated rings. The molecule has 1 rings (SSSR count). The van der Waals surface area contributed by atoms with Gasteiger partial charge in [0.25, 0.3) is 5.91 Å². The van der Waals surface area contributed by atoms with Crippen LogP contribution in [0.4, 0.5) is 0 Å². The average molecular weight is 154 g/mol. The van der Waals surface area contributed by atoms with E-state index in [0.717, 1.165) is 0 Å². The lowest BCUT2D eigenvalue weighted by Crippen LogP contribution is -2.35. The predicted molar refractivity (Wildman–Crippen MR) is 39.3 cm³/mol. The van der Waals surface area contributed by atoms with Gasteiger partial charge in [0, 0.05) is 0 Å². The predicted octanol–water partition coefficient (Wildman–Crippen LogP) is -0.174. The van der Waals surface area contributed by atoms with Crippen molar-refractivity contribution < 1.29 is 9.59 Å². The Hall–Kier alpha value is -1.32. The quantitative estimate of drug-likeness (QED) is 0.443. The van der Waals surface area contributed by atoms with Crippen LogP contribution in [0.2, 0.25) is 0 Å². The molecule has 0 spiro atoms. The molecule has 0 aliphatic carbocycles. The van der Waals surface area contributed by atoms with Crippen molar-refractivity contribution in [2.75, 3.05) is 6.54 Å². The highest BCUT2D eigenvalue weighted by molar-refractivity contribution is 6.02. The lowest BCUT2D eigenvalue weighted by Gasteiger charge is -2.11. The van der Waals surface area contributed by atoms with Gasteiger partial charge in [-0.2, -0.15) is 0 Å². The summed E-state index contributed by atoms with van der Waals surface area (Å²) in [6.45, 7) is 2.32. The monoisotopic (exact) mass is 154 g/mol. The fourth-order valence-corrected chi connectivity index (χ4v) is 0.843. The first-order valence-corrected chi connectivity index (χ1v) is 3.45. The zero-order chi connectivity index (χ0) is 8.27. The Labute approximate surface area is 64.8 Å². The summed E-state index contributed by atoms with van der Waals surface area (Å²) < 4.78 is 0. The first-order valence-electron chi connectivity index (χ1n) is 3.45. The first-order chi connectivity index (χ1) is 5.24. The van der Waals surface area contributed by atoms with Crippen LogP contribution in [-0.4, -0.2) is 23.4 Å².